The summed E-state index contributed by atoms with van der Waals surface area (Å²) in [4.78, 5) is 3.92. The molecule has 1 aromatic heterocycles. The number of rotatable bonds is 6. The summed E-state index contributed by atoms with van der Waals surface area (Å²) in [6, 6.07) is 2.21. The molecule has 0 bridgehead atoms. The fraction of sp³-hybridized carbons (Fsp3) is 0.692. The van der Waals surface area contributed by atoms with Gasteiger partial charge in [-0.3, -0.25) is 0 Å². The fourth-order valence-corrected chi connectivity index (χ4v) is 2.69. The topological polar surface area (TPSA) is 15.3 Å². The van der Waals surface area contributed by atoms with Crippen LogP contribution in [0.25, 0.3) is 0 Å². The van der Waals surface area contributed by atoms with Gasteiger partial charge in [-0.1, -0.05) is 0 Å². The molecular formula is C13H24N2S. The quantitative estimate of drug-likeness (QED) is 0.822. The molecule has 0 radical (unpaired) electrons. The molecule has 92 valence electrons. The number of nitrogens with one attached hydrogen (secondary N) is 1. The number of thiophene rings is 1. The zero-order valence-corrected chi connectivity index (χ0v) is 11.9. The molecule has 0 amide bonds. The van der Waals surface area contributed by atoms with E-state index in [0.717, 1.165) is 13.1 Å². The summed E-state index contributed by atoms with van der Waals surface area (Å²) in [7, 11) is 4.22. The molecule has 0 saturated carbocycles. The summed E-state index contributed by atoms with van der Waals surface area (Å²) in [5.74, 6) is 0. The van der Waals surface area contributed by atoms with Gasteiger partial charge in [0.2, 0.25) is 0 Å². The van der Waals surface area contributed by atoms with Crippen LogP contribution in [-0.2, 0) is 6.42 Å². The molecule has 0 spiro atoms. The van der Waals surface area contributed by atoms with Gasteiger partial charge in [0.05, 0.1) is 0 Å². The van der Waals surface area contributed by atoms with Gasteiger partial charge in [-0.2, -0.15) is 0 Å². The van der Waals surface area contributed by atoms with Gasteiger partial charge in [-0.25, -0.2) is 0 Å². The summed E-state index contributed by atoms with van der Waals surface area (Å²) in [6.07, 6.45) is 1.17. The summed E-state index contributed by atoms with van der Waals surface area (Å²) in [5.41, 5.74) is 1.63. The molecule has 0 unspecified atom stereocenters. The van der Waals surface area contributed by atoms with E-state index in [1.54, 1.807) is 0 Å². The van der Waals surface area contributed by atoms with Crippen molar-refractivity contribution in [1.29, 1.82) is 0 Å². The van der Waals surface area contributed by atoms with Crippen molar-refractivity contribution in [3.05, 3.63) is 21.9 Å². The maximum absolute atomic E-state index is 3.34. The largest absolute Gasteiger partial charge is 0.314 e. The highest BCUT2D eigenvalue weighted by Gasteiger charge is 2.17. The molecule has 1 heterocycles. The van der Waals surface area contributed by atoms with E-state index < -0.39 is 0 Å². The van der Waals surface area contributed by atoms with Gasteiger partial charge in [0, 0.05) is 23.5 Å². The van der Waals surface area contributed by atoms with E-state index in [1.165, 1.54) is 16.9 Å². The maximum Gasteiger partial charge on any atom is 0.0249 e. The van der Waals surface area contributed by atoms with Gasteiger partial charge >= 0.3 is 0 Å². The van der Waals surface area contributed by atoms with Gasteiger partial charge in [-0.15, -0.1) is 11.3 Å². The van der Waals surface area contributed by atoms with Crippen LogP contribution in [0, 0.1) is 6.92 Å². The highest BCUT2D eigenvalue weighted by Crippen LogP contribution is 2.16. The Bertz CT molecular complexity index is 317. The second-order valence-electron chi connectivity index (χ2n) is 5.15. The van der Waals surface area contributed by atoms with Crippen LogP contribution in [-0.4, -0.2) is 37.6 Å². The zero-order valence-electron chi connectivity index (χ0n) is 11.1. The summed E-state index contributed by atoms with van der Waals surface area (Å²) in [6.45, 7) is 8.88. The minimum absolute atomic E-state index is 0.194. The molecule has 1 aromatic rings. The van der Waals surface area contributed by atoms with Crippen molar-refractivity contribution in [2.24, 2.45) is 0 Å². The molecule has 1 rings (SSSR count). The van der Waals surface area contributed by atoms with E-state index in [-0.39, 0.29) is 5.54 Å². The first-order valence-corrected chi connectivity index (χ1v) is 6.73. The summed E-state index contributed by atoms with van der Waals surface area (Å²) < 4.78 is 0. The maximum atomic E-state index is 3.34. The lowest BCUT2D eigenvalue weighted by Crippen LogP contribution is -2.46. The molecular weight excluding hydrogens is 216 g/mol. The Kier molecular flexibility index (Phi) is 4.96. The van der Waals surface area contributed by atoms with Crippen molar-refractivity contribution in [1.82, 2.24) is 10.2 Å². The number of aryl methyl sites for hydroxylation is 1. The molecule has 16 heavy (non-hydrogen) atoms. The lowest BCUT2D eigenvalue weighted by molar-refractivity contribution is 0.247. The number of hydrogen-bond acceptors (Lipinski definition) is 3. The zero-order chi connectivity index (χ0) is 12.2. The summed E-state index contributed by atoms with van der Waals surface area (Å²) >= 11 is 1.87. The van der Waals surface area contributed by atoms with Crippen molar-refractivity contribution in [3.8, 4) is 0 Å². The second kappa shape index (κ2) is 5.80. The molecule has 0 aliphatic carbocycles. The van der Waals surface area contributed by atoms with Crippen LogP contribution in [0.1, 0.15) is 24.3 Å². The Morgan fingerprint density at radius 1 is 1.44 bits per heavy atom. The van der Waals surface area contributed by atoms with Crippen molar-refractivity contribution >= 4 is 11.3 Å². The molecule has 2 nitrogen and oxygen atoms in total. The van der Waals surface area contributed by atoms with E-state index in [2.05, 4.69) is 49.5 Å². The van der Waals surface area contributed by atoms with Crippen molar-refractivity contribution in [2.75, 3.05) is 27.2 Å². The van der Waals surface area contributed by atoms with Crippen LogP contribution in [0.15, 0.2) is 11.4 Å². The van der Waals surface area contributed by atoms with Crippen molar-refractivity contribution in [3.63, 3.8) is 0 Å². The molecule has 3 heteroatoms. The Labute approximate surface area is 104 Å². The first kappa shape index (κ1) is 13.7. The van der Waals surface area contributed by atoms with E-state index in [1.807, 2.05) is 18.4 Å². The van der Waals surface area contributed by atoms with Gasteiger partial charge in [0.1, 0.15) is 0 Å². The van der Waals surface area contributed by atoms with E-state index in [9.17, 15) is 0 Å². The van der Waals surface area contributed by atoms with E-state index >= 15 is 0 Å². The highest BCUT2D eigenvalue weighted by atomic mass is 32.1. The van der Waals surface area contributed by atoms with Crippen LogP contribution in [0.3, 0.4) is 0 Å². The predicted molar refractivity (Wildman–Crippen MR) is 73.4 cm³/mol. The Morgan fingerprint density at radius 2 is 2.12 bits per heavy atom. The van der Waals surface area contributed by atoms with Crippen molar-refractivity contribution < 1.29 is 0 Å². The average Bonchev–Trinajstić information content (AvgIpc) is 2.60. The first-order chi connectivity index (χ1) is 7.44. The van der Waals surface area contributed by atoms with Crippen LogP contribution in [0.4, 0.5) is 0 Å². The first-order valence-electron chi connectivity index (χ1n) is 5.85. The van der Waals surface area contributed by atoms with Crippen molar-refractivity contribution in [2.45, 2.75) is 32.7 Å². The molecule has 0 atom stereocenters. The lowest BCUT2D eigenvalue weighted by atomic mass is 10.1. The number of likely N-dealkylation sites (N-methyl/N-ethyl adjacent to an activating group) is 2. The standard InChI is InChI=1S/C13H24N2S/c1-11-7-9-16-12(11)6-8-15(5)10-13(2,3)14-4/h7,9,14H,6,8,10H2,1-5H3. The fourth-order valence-electron chi connectivity index (χ4n) is 1.79. The van der Waals surface area contributed by atoms with Crippen LogP contribution < -0.4 is 5.32 Å². The highest BCUT2D eigenvalue weighted by molar-refractivity contribution is 7.10. The van der Waals surface area contributed by atoms with Crippen LogP contribution in [0.5, 0.6) is 0 Å². The third-order valence-corrected chi connectivity index (χ3v) is 4.11. The van der Waals surface area contributed by atoms with Crippen LogP contribution in [0.2, 0.25) is 0 Å². The monoisotopic (exact) mass is 240 g/mol. The van der Waals surface area contributed by atoms with E-state index in [4.69, 9.17) is 0 Å². The van der Waals surface area contributed by atoms with E-state index in [0.29, 0.717) is 0 Å². The number of hydrogen-bond donors (Lipinski definition) is 1. The normalized spacial score (nSPS) is 12.4. The number of nitrogens with zero attached hydrogens (tertiary/aromatic N) is 1. The SMILES string of the molecule is CNC(C)(C)CN(C)CCc1sccc1C. The predicted octanol–water partition coefficient (Wildman–Crippen LogP) is 2.53. The van der Waals surface area contributed by atoms with Gasteiger partial charge in [-0.05, 0) is 58.3 Å². The molecule has 0 aliphatic rings. The average molecular weight is 240 g/mol. The molecule has 0 fully saturated rings. The molecule has 0 aromatic carbocycles. The van der Waals surface area contributed by atoms with Crippen LogP contribution >= 0.6 is 11.3 Å². The Morgan fingerprint density at radius 3 is 2.62 bits per heavy atom. The third kappa shape index (κ3) is 4.24. The second-order valence-corrected chi connectivity index (χ2v) is 6.15. The molecule has 0 saturated heterocycles. The Hall–Kier alpha value is -0.380. The van der Waals surface area contributed by atoms with Gasteiger partial charge < -0.3 is 10.2 Å². The third-order valence-electron chi connectivity index (χ3n) is 3.03. The minimum atomic E-state index is 0.194. The van der Waals surface area contributed by atoms with Gasteiger partial charge in [0.25, 0.3) is 0 Å². The molecule has 1 N–H and O–H groups in total. The minimum Gasteiger partial charge on any atom is -0.314 e. The smallest absolute Gasteiger partial charge is 0.0249 e. The Balaban J connectivity index is 2.36. The van der Waals surface area contributed by atoms with Gasteiger partial charge in [0.15, 0.2) is 0 Å². The summed E-state index contributed by atoms with van der Waals surface area (Å²) in [5, 5.41) is 5.52. The lowest BCUT2D eigenvalue weighted by Gasteiger charge is -2.30. The molecule has 0 aliphatic heterocycles.